The Hall–Kier alpha value is -0.840. The second-order valence-corrected chi connectivity index (χ2v) is 3.99. The standard InChI is InChI=1S/C12H22N2O2/c1-11-4-5-12(16-11)10-13-6-7-14(2)8-9-15-3/h4-5,13H,6-10H2,1-3H3. The minimum Gasteiger partial charge on any atom is -0.465 e. The maximum absolute atomic E-state index is 5.46. The van der Waals surface area contributed by atoms with E-state index in [2.05, 4.69) is 17.3 Å². The van der Waals surface area contributed by atoms with E-state index in [4.69, 9.17) is 9.15 Å². The second kappa shape index (κ2) is 7.44. The molecule has 1 aromatic heterocycles. The van der Waals surface area contributed by atoms with Crippen molar-refractivity contribution in [3.63, 3.8) is 0 Å². The number of hydrogen-bond donors (Lipinski definition) is 1. The second-order valence-electron chi connectivity index (χ2n) is 3.99. The van der Waals surface area contributed by atoms with Gasteiger partial charge in [0, 0.05) is 26.7 Å². The summed E-state index contributed by atoms with van der Waals surface area (Å²) in [4.78, 5) is 2.24. The number of aryl methyl sites for hydroxylation is 1. The van der Waals surface area contributed by atoms with Gasteiger partial charge in [-0.3, -0.25) is 0 Å². The Labute approximate surface area is 97.6 Å². The summed E-state index contributed by atoms with van der Waals surface area (Å²) in [5.74, 6) is 1.96. The molecule has 1 N–H and O–H groups in total. The lowest BCUT2D eigenvalue weighted by Crippen LogP contribution is -2.31. The lowest BCUT2D eigenvalue weighted by Gasteiger charge is -2.15. The molecule has 0 bridgehead atoms. The normalized spacial score (nSPS) is 11.2. The molecule has 0 aliphatic rings. The van der Waals surface area contributed by atoms with Crippen molar-refractivity contribution in [1.82, 2.24) is 10.2 Å². The number of nitrogens with one attached hydrogen (secondary N) is 1. The van der Waals surface area contributed by atoms with Crippen LogP contribution < -0.4 is 5.32 Å². The molecule has 0 aromatic carbocycles. The molecule has 0 aliphatic heterocycles. The molecule has 4 nitrogen and oxygen atoms in total. The summed E-state index contributed by atoms with van der Waals surface area (Å²) >= 11 is 0. The Morgan fingerprint density at radius 1 is 1.38 bits per heavy atom. The van der Waals surface area contributed by atoms with Crippen LogP contribution in [0.2, 0.25) is 0 Å². The molecule has 0 saturated carbocycles. The van der Waals surface area contributed by atoms with Crippen LogP contribution in [0.25, 0.3) is 0 Å². The topological polar surface area (TPSA) is 37.6 Å². The van der Waals surface area contributed by atoms with Crippen molar-refractivity contribution in [2.24, 2.45) is 0 Å². The lowest BCUT2D eigenvalue weighted by atomic mass is 10.4. The maximum Gasteiger partial charge on any atom is 0.117 e. The summed E-state index contributed by atoms with van der Waals surface area (Å²) in [6.45, 7) is 6.49. The van der Waals surface area contributed by atoms with Gasteiger partial charge in [-0.25, -0.2) is 0 Å². The van der Waals surface area contributed by atoms with E-state index in [9.17, 15) is 0 Å². The van der Waals surface area contributed by atoms with Crippen molar-refractivity contribution in [2.45, 2.75) is 13.5 Å². The van der Waals surface area contributed by atoms with Gasteiger partial charge in [0.25, 0.3) is 0 Å². The van der Waals surface area contributed by atoms with Gasteiger partial charge in [0.05, 0.1) is 13.2 Å². The number of methoxy groups -OCH3 is 1. The molecule has 0 unspecified atom stereocenters. The van der Waals surface area contributed by atoms with Crippen LogP contribution in [-0.4, -0.2) is 45.3 Å². The van der Waals surface area contributed by atoms with Gasteiger partial charge in [0.2, 0.25) is 0 Å². The lowest BCUT2D eigenvalue weighted by molar-refractivity contribution is 0.161. The third-order valence-electron chi connectivity index (χ3n) is 2.44. The third-order valence-corrected chi connectivity index (χ3v) is 2.44. The third kappa shape index (κ3) is 5.30. The molecule has 1 heterocycles. The van der Waals surface area contributed by atoms with Gasteiger partial charge in [0.15, 0.2) is 0 Å². The Morgan fingerprint density at radius 3 is 2.81 bits per heavy atom. The molecule has 1 aromatic rings. The Morgan fingerprint density at radius 2 is 2.19 bits per heavy atom. The molecule has 92 valence electrons. The molecular formula is C12H22N2O2. The van der Waals surface area contributed by atoms with Crippen LogP contribution in [0.5, 0.6) is 0 Å². The highest BCUT2D eigenvalue weighted by Crippen LogP contribution is 2.04. The summed E-state index contributed by atoms with van der Waals surface area (Å²) in [5, 5.41) is 3.35. The van der Waals surface area contributed by atoms with Crippen molar-refractivity contribution >= 4 is 0 Å². The van der Waals surface area contributed by atoms with Crippen molar-refractivity contribution in [3.05, 3.63) is 23.7 Å². The highest BCUT2D eigenvalue weighted by Gasteiger charge is 1.99. The molecule has 16 heavy (non-hydrogen) atoms. The summed E-state index contributed by atoms with van der Waals surface area (Å²) < 4.78 is 10.5. The van der Waals surface area contributed by atoms with Gasteiger partial charge in [0.1, 0.15) is 11.5 Å². The van der Waals surface area contributed by atoms with Crippen molar-refractivity contribution in [1.29, 1.82) is 0 Å². The van der Waals surface area contributed by atoms with Crippen molar-refractivity contribution < 1.29 is 9.15 Å². The number of furan rings is 1. The Bertz CT molecular complexity index is 286. The molecule has 4 heteroatoms. The number of hydrogen-bond acceptors (Lipinski definition) is 4. The van der Waals surface area contributed by atoms with E-state index in [1.54, 1.807) is 7.11 Å². The van der Waals surface area contributed by atoms with Crippen LogP contribution >= 0.6 is 0 Å². The minimum absolute atomic E-state index is 0.786. The van der Waals surface area contributed by atoms with Crippen LogP contribution in [0.15, 0.2) is 16.5 Å². The summed E-state index contributed by atoms with van der Waals surface area (Å²) in [5.41, 5.74) is 0. The fraction of sp³-hybridized carbons (Fsp3) is 0.667. The molecule has 0 saturated heterocycles. The summed E-state index contributed by atoms with van der Waals surface area (Å²) in [7, 11) is 3.82. The smallest absolute Gasteiger partial charge is 0.117 e. The van der Waals surface area contributed by atoms with Gasteiger partial charge in [-0.05, 0) is 26.1 Å². The number of nitrogens with zero attached hydrogens (tertiary/aromatic N) is 1. The van der Waals surface area contributed by atoms with Gasteiger partial charge in [-0.1, -0.05) is 0 Å². The van der Waals surface area contributed by atoms with Gasteiger partial charge in [-0.2, -0.15) is 0 Å². The molecular weight excluding hydrogens is 204 g/mol. The fourth-order valence-electron chi connectivity index (χ4n) is 1.42. The zero-order chi connectivity index (χ0) is 11.8. The molecule has 0 atom stereocenters. The first-order valence-electron chi connectivity index (χ1n) is 5.66. The average Bonchev–Trinajstić information content (AvgIpc) is 2.67. The summed E-state index contributed by atoms with van der Waals surface area (Å²) in [6, 6.07) is 4.00. The van der Waals surface area contributed by atoms with E-state index in [-0.39, 0.29) is 0 Å². The number of likely N-dealkylation sites (N-methyl/N-ethyl adjacent to an activating group) is 1. The minimum atomic E-state index is 0.786. The summed E-state index contributed by atoms with van der Waals surface area (Å²) in [6.07, 6.45) is 0. The van der Waals surface area contributed by atoms with E-state index in [0.717, 1.165) is 44.3 Å². The van der Waals surface area contributed by atoms with E-state index in [1.807, 2.05) is 19.1 Å². The van der Waals surface area contributed by atoms with E-state index < -0.39 is 0 Å². The predicted molar refractivity (Wildman–Crippen MR) is 64.5 cm³/mol. The van der Waals surface area contributed by atoms with Gasteiger partial charge in [-0.15, -0.1) is 0 Å². The first kappa shape index (κ1) is 13.2. The van der Waals surface area contributed by atoms with Crippen LogP contribution in [0.3, 0.4) is 0 Å². The predicted octanol–water partition coefficient (Wildman–Crippen LogP) is 1.26. The van der Waals surface area contributed by atoms with E-state index >= 15 is 0 Å². The average molecular weight is 226 g/mol. The van der Waals surface area contributed by atoms with E-state index in [0.29, 0.717) is 0 Å². The Kier molecular flexibility index (Phi) is 6.15. The monoisotopic (exact) mass is 226 g/mol. The highest BCUT2D eigenvalue weighted by molar-refractivity contribution is 5.04. The molecule has 0 spiro atoms. The quantitative estimate of drug-likeness (QED) is 0.677. The zero-order valence-corrected chi connectivity index (χ0v) is 10.5. The van der Waals surface area contributed by atoms with E-state index in [1.165, 1.54) is 0 Å². The molecule has 0 fully saturated rings. The molecule has 1 rings (SSSR count). The first-order valence-corrected chi connectivity index (χ1v) is 5.66. The van der Waals surface area contributed by atoms with Crippen molar-refractivity contribution in [2.75, 3.05) is 40.4 Å². The van der Waals surface area contributed by atoms with Gasteiger partial charge < -0.3 is 19.4 Å². The fourth-order valence-corrected chi connectivity index (χ4v) is 1.42. The maximum atomic E-state index is 5.46. The van der Waals surface area contributed by atoms with Crippen LogP contribution in [0.4, 0.5) is 0 Å². The largest absolute Gasteiger partial charge is 0.465 e. The highest BCUT2D eigenvalue weighted by atomic mass is 16.5. The molecule has 0 amide bonds. The number of rotatable bonds is 8. The van der Waals surface area contributed by atoms with Crippen LogP contribution in [0.1, 0.15) is 11.5 Å². The Balaban J connectivity index is 2.03. The molecule has 0 aliphatic carbocycles. The molecule has 0 radical (unpaired) electrons. The first-order chi connectivity index (χ1) is 7.72. The van der Waals surface area contributed by atoms with Crippen LogP contribution in [0, 0.1) is 6.92 Å². The zero-order valence-electron chi connectivity index (χ0n) is 10.5. The number of ether oxygens (including phenoxy) is 1. The van der Waals surface area contributed by atoms with Crippen LogP contribution in [-0.2, 0) is 11.3 Å². The SMILES string of the molecule is COCCN(C)CCNCc1ccc(C)o1. The van der Waals surface area contributed by atoms with Crippen molar-refractivity contribution in [3.8, 4) is 0 Å². The van der Waals surface area contributed by atoms with Gasteiger partial charge >= 0.3 is 0 Å².